The van der Waals surface area contributed by atoms with Crippen LogP contribution in [-0.4, -0.2) is 11.1 Å². The number of fused-ring (bicyclic) bond motifs is 1. The van der Waals surface area contributed by atoms with Crippen LogP contribution in [0, 0.1) is 0 Å². The van der Waals surface area contributed by atoms with Crippen LogP contribution in [0.2, 0.25) is 0 Å². The zero-order chi connectivity index (χ0) is 10.8. The molecule has 0 saturated carbocycles. The number of halogens is 1. The molecule has 0 spiro atoms. The van der Waals surface area contributed by atoms with Crippen molar-refractivity contribution in [2.24, 2.45) is 5.73 Å². The van der Waals surface area contributed by atoms with E-state index in [0.29, 0.717) is 13.1 Å². The van der Waals surface area contributed by atoms with Gasteiger partial charge in [0.05, 0.1) is 0 Å². The first-order valence-electron chi connectivity index (χ1n) is 4.72. The fourth-order valence-corrected chi connectivity index (χ4v) is 2.09. The predicted octanol–water partition coefficient (Wildman–Crippen LogP) is 1.72. The van der Waals surface area contributed by atoms with Gasteiger partial charge in [0.25, 0.3) is 5.56 Å². The maximum atomic E-state index is 12.0. The molecule has 0 atom stereocenters. The highest BCUT2D eigenvalue weighted by molar-refractivity contribution is 9.10. The maximum absolute atomic E-state index is 12.0. The van der Waals surface area contributed by atoms with Crippen molar-refractivity contribution in [2.75, 3.05) is 6.54 Å². The van der Waals surface area contributed by atoms with Crippen LogP contribution in [0.5, 0.6) is 0 Å². The van der Waals surface area contributed by atoms with Gasteiger partial charge in [0, 0.05) is 34.5 Å². The molecule has 0 amide bonds. The Kier molecular flexibility index (Phi) is 2.88. The highest BCUT2D eigenvalue weighted by Crippen LogP contribution is 2.20. The van der Waals surface area contributed by atoms with E-state index in [1.807, 2.05) is 24.3 Å². The van der Waals surface area contributed by atoms with E-state index in [1.54, 1.807) is 10.8 Å². The van der Waals surface area contributed by atoms with Gasteiger partial charge in [-0.3, -0.25) is 4.79 Å². The SMILES string of the molecule is NCCn1ccc2c(Br)cccc2c1=O. The minimum Gasteiger partial charge on any atom is -0.329 e. The Labute approximate surface area is 95.6 Å². The van der Waals surface area contributed by atoms with Crippen LogP contribution in [0.4, 0.5) is 0 Å². The van der Waals surface area contributed by atoms with E-state index in [-0.39, 0.29) is 5.56 Å². The fraction of sp³-hybridized carbons (Fsp3) is 0.182. The molecule has 0 fully saturated rings. The topological polar surface area (TPSA) is 48.0 Å². The average molecular weight is 267 g/mol. The zero-order valence-corrected chi connectivity index (χ0v) is 9.70. The van der Waals surface area contributed by atoms with Crippen molar-refractivity contribution in [1.82, 2.24) is 4.57 Å². The number of aromatic nitrogens is 1. The van der Waals surface area contributed by atoms with Crippen LogP contribution >= 0.6 is 15.9 Å². The quantitative estimate of drug-likeness (QED) is 0.900. The fourth-order valence-electron chi connectivity index (χ4n) is 1.59. The molecule has 15 heavy (non-hydrogen) atoms. The van der Waals surface area contributed by atoms with Gasteiger partial charge in [-0.25, -0.2) is 0 Å². The van der Waals surface area contributed by atoms with E-state index in [1.165, 1.54) is 0 Å². The van der Waals surface area contributed by atoms with Gasteiger partial charge in [-0.05, 0) is 18.2 Å². The summed E-state index contributed by atoms with van der Waals surface area (Å²) in [7, 11) is 0. The second kappa shape index (κ2) is 4.16. The molecule has 0 saturated heterocycles. The van der Waals surface area contributed by atoms with Crippen LogP contribution in [0.1, 0.15) is 0 Å². The molecule has 0 aliphatic rings. The maximum Gasteiger partial charge on any atom is 0.258 e. The largest absolute Gasteiger partial charge is 0.329 e. The van der Waals surface area contributed by atoms with Gasteiger partial charge in [-0.2, -0.15) is 0 Å². The molecule has 78 valence electrons. The van der Waals surface area contributed by atoms with E-state index < -0.39 is 0 Å². The summed E-state index contributed by atoms with van der Waals surface area (Å²) in [4.78, 5) is 12.0. The highest BCUT2D eigenvalue weighted by Gasteiger charge is 2.03. The lowest BCUT2D eigenvalue weighted by atomic mass is 10.2. The van der Waals surface area contributed by atoms with Crippen molar-refractivity contribution in [1.29, 1.82) is 0 Å². The van der Waals surface area contributed by atoms with Crippen molar-refractivity contribution < 1.29 is 0 Å². The standard InChI is InChI=1S/C11H11BrN2O/c12-10-3-1-2-9-8(10)4-6-14(7-5-13)11(9)15/h1-4,6H,5,7,13H2. The van der Waals surface area contributed by atoms with Crippen molar-refractivity contribution in [3.8, 4) is 0 Å². The Morgan fingerprint density at radius 2 is 2.07 bits per heavy atom. The molecular formula is C11H11BrN2O. The van der Waals surface area contributed by atoms with Gasteiger partial charge in [-0.1, -0.05) is 22.0 Å². The molecule has 0 aliphatic heterocycles. The van der Waals surface area contributed by atoms with Crippen molar-refractivity contribution in [2.45, 2.75) is 6.54 Å². The van der Waals surface area contributed by atoms with Crippen LogP contribution in [-0.2, 0) is 6.54 Å². The number of pyridine rings is 1. The molecule has 2 N–H and O–H groups in total. The van der Waals surface area contributed by atoms with Gasteiger partial charge in [0.1, 0.15) is 0 Å². The van der Waals surface area contributed by atoms with Gasteiger partial charge >= 0.3 is 0 Å². The van der Waals surface area contributed by atoms with Gasteiger partial charge in [0.15, 0.2) is 0 Å². The van der Waals surface area contributed by atoms with Crippen molar-refractivity contribution in [3.05, 3.63) is 45.3 Å². The molecule has 2 aromatic rings. The summed E-state index contributed by atoms with van der Waals surface area (Å²) in [6.07, 6.45) is 1.78. The third kappa shape index (κ3) is 1.82. The molecule has 2 rings (SSSR count). The molecule has 0 unspecified atom stereocenters. The third-order valence-corrected chi connectivity index (χ3v) is 3.03. The summed E-state index contributed by atoms with van der Waals surface area (Å²) in [6.45, 7) is 1.03. The first-order chi connectivity index (χ1) is 7.24. The first kappa shape index (κ1) is 10.4. The Morgan fingerprint density at radius 1 is 1.27 bits per heavy atom. The second-order valence-electron chi connectivity index (χ2n) is 3.30. The average Bonchev–Trinajstić information content (AvgIpc) is 2.23. The van der Waals surface area contributed by atoms with E-state index >= 15 is 0 Å². The number of nitrogens with two attached hydrogens (primary N) is 1. The van der Waals surface area contributed by atoms with Crippen LogP contribution in [0.15, 0.2) is 39.7 Å². The van der Waals surface area contributed by atoms with Crippen LogP contribution < -0.4 is 11.3 Å². The second-order valence-corrected chi connectivity index (χ2v) is 4.16. The Bertz CT molecular complexity index is 548. The monoisotopic (exact) mass is 266 g/mol. The molecule has 0 aliphatic carbocycles. The Balaban J connectivity index is 2.75. The molecule has 3 nitrogen and oxygen atoms in total. The smallest absolute Gasteiger partial charge is 0.258 e. The Hall–Kier alpha value is -1.13. The summed E-state index contributed by atoms with van der Waals surface area (Å²) in [5.41, 5.74) is 5.45. The lowest BCUT2D eigenvalue weighted by Gasteiger charge is -2.06. The minimum absolute atomic E-state index is 0.0132. The molecular weight excluding hydrogens is 256 g/mol. The molecule has 1 heterocycles. The Morgan fingerprint density at radius 3 is 2.80 bits per heavy atom. The number of hydrogen-bond acceptors (Lipinski definition) is 2. The van der Waals surface area contributed by atoms with Crippen LogP contribution in [0.25, 0.3) is 10.8 Å². The van der Waals surface area contributed by atoms with E-state index in [2.05, 4.69) is 15.9 Å². The number of hydrogen-bond donors (Lipinski definition) is 1. The number of benzene rings is 1. The third-order valence-electron chi connectivity index (χ3n) is 2.34. The summed E-state index contributed by atoms with van der Waals surface area (Å²) < 4.78 is 2.58. The summed E-state index contributed by atoms with van der Waals surface area (Å²) >= 11 is 3.42. The molecule has 0 radical (unpaired) electrons. The lowest BCUT2D eigenvalue weighted by molar-refractivity contribution is 0.687. The normalized spacial score (nSPS) is 10.8. The molecule has 0 bridgehead atoms. The van der Waals surface area contributed by atoms with E-state index in [9.17, 15) is 4.79 Å². The molecule has 1 aromatic carbocycles. The summed E-state index contributed by atoms with van der Waals surface area (Å²) in [6, 6.07) is 7.54. The molecule has 4 heteroatoms. The zero-order valence-electron chi connectivity index (χ0n) is 8.11. The van der Waals surface area contributed by atoms with Gasteiger partial charge < -0.3 is 10.3 Å². The highest BCUT2D eigenvalue weighted by atomic mass is 79.9. The van der Waals surface area contributed by atoms with E-state index in [0.717, 1.165) is 15.2 Å². The lowest BCUT2D eigenvalue weighted by Crippen LogP contribution is -2.23. The predicted molar refractivity (Wildman–Crippen MR) is 65.0 cm³/mol. The van der Waals surface area contributed by atoms with E-state index in [4.69, 9.17) is 5.73 Å². The van der Waals surface area contributed by atoms with Crippen LogP contribution in [0.3, 0.4) is 0 Å². The summed E-state index contributed by atoms with van der Waals surface area (Å²) in [5, 5.41) is 1.66. The number of rotatable bonds is 2. The van der Waals surface area contributed by atoms with Gasteiger partial charge in [-0.15, -0.1) is 0 Å². The van der Waals surface area contributed by atoms with Crippen molar-refractivity contribution in [3.63, 3.8) is 0 Å². The number of nitrogens with zero attached hydrogens (tertiary/aromatic N) is 1. The molecule has 1 aromatic heterocycles. The summed E-state index contributed by atoms with van der Waals surface area (Å²) in [5.74, 6) is 0. The van der Waals surface area contributed by atoms with Crippen molar-refractivity contribution >= 4 is 26.7 Å². The first-order valence-corrected chi connectivity index (χ1v) is 5.51. The van der Waals surface area contributed by atoms with Gasteiger partial charge in [0.2, 0.25) is 0 Å². The minimum atomic E-state index is 0.0132.